The van der Waals surface area contributed by atoms with Crippen LogP contribution in [0.4, 0.5) is 0 Å². The lowest BCUT2D eigenvalue weighted by atomic mass is 10.2. The molecular formula is C15H22N4. The fraction of sp³-hybridized carbons (Fsp3) is 0.533. The molecule has 4 heteroatoms. The zero-order valence-electron chi connectivity index (χ0n) is 11.5. The number of rotatable bonds is 2. The molecule has 0 radical (unpaired) electrons. The van der Waals surface area contributed by atoms with Gasteiger partial charge in [0.05, 0.1) is 6.04 Å². The highest BCUT2D eigenvalue weighted by molar-refractivity contribution is 5.82. The zero-order valence-corrected chi connectivity index (χ0v) is 11.5. The summed E-state index contributed by atoms with van der Waals surface area (Å²) in [6, 6.07) is 11.1. The van der Waals surface area contributed by atoms with E-state index in [4.69, 9.17) is 4.99 Å². The minimum Gasteiger partial charge on any atom is -0.340 e. The molecule has 1 atom stereocenters. The Labute approximate surface area is 115 Å². The van der Waals surface area contributed by atoms with Gasteiger partial charge in [-0.05, 0) is 12.5 Å². The highest BCUT2D eigenvalue weighted by Crippen LogP contribution is 2.16. The average Bonchev–Trinajstić information content (AvgIpc) is 2.82. The topological polar surface area (TPSA) is 30.9 Å². The number of benzene rings is 1. The molecule has 0 spiro atoms. The molecule has 1 aromatic rings. The van der Waals surface area contributed by atoms with Crippen molar-refractivity contribution in [3.63, 3.8) is 0 Å². The Morgan fingerprint density at radius 2 is 1.95 bits per heavy atom. The molecule has 2 aliphatic heterocycles. The Morgan fingerprint density at radius 3 is 2.68 bits per heavy atom. The Balaban J connectivity index is 1.71. The lowest BCUT2D eigenvalue weighted by Gasteiger charge is -2.33. The van der Waals surface area contributed by atoms with Crippen molar-refractivity contribution < 1.29 is 0 Å². The second-order valence-electron chi connectivity index (χ2n) is 5.38. The van der Waals surface area contributed by atoms with Crippen molar-refractivity contribution >= 4 is 5.96 Å². The normalized spacial score (nSPS) is 23.6. The second kappa shape index (κ2) is 5.61. The standard InChI is InChI=1S/C15H22N4/c1-13-11-19(12-14-5-3-2-4-6-14)15(17-13)18-9-7-16-8-10-18/h2-6,13,16H,7-12H2,1H3. The largest absolute Gasteiger partial charge is 0.340 e. The number of guanidine groups is 1. The summed E-state index contributed by atoms with van der Waals surface area (Å²) < 4.78 is 0. The summed E-state index contributed by atoms with van der Waals surface area (Å²) in [7, 11) is 0. The second-order valence-corrected chi connectivity index (χ2v) is 5.38. The van der Waals surface area contributed by atoms with Crippen LogP contribution in [0, 0.1) is 0 Å². The van der Waals surface area contributed by atoms with E-state index in [-0.39, 0.29) is 0 Å². The molecule has 0 bridgehead atoms. The first kappa shape index (κ1) is 12.5. The van der Waals surface area contributed by atoms with E-state index in [1.54, 1.807) is 0 Å². The summed E-state index contributed by atoms with van der Waals surface area (Å²) in [5.41, 5.74) is 1.36. The minimum absolute atomic E-state index is 0.411. The maximum absolute atomic E-state index is 4.83. The number of nitrogens with one attached hydrogen (secondary N) is 1. The van der Waals surface area contributed by atoms with Crippen LogP contribution in [0.15, 0.2) is 35.3 Å². The molecule has 4 nitrogen and oxygen atoms in total. The van der Waals surface area contributed by atoms with E-state index in [0.29, 0.717) is 6.04 Å². The van der Waals surface area contributed by atoms with Crippen LogP contribution in [0.5, 0.6) is 0 Å². The van der Waals surface area contributed by atoms with Crippen molar-refractivity contribution in [3.8, 4) is 0 Å². The molecule has 1 aromatic carbocycles. The van der Waals surface area contributed by atoms with Gasteiger partial charge < -0.3 is 15.1 Å². The number of nitrogens with zero attached hydrogens (tertiary/aromatic N) is 3. The maximum atomic E-state index is 4.83. The Kier molecular flexibility index (Phi) is 3.69. The van der Waals surface area contributed by atoms with Gasteiger partial charge in [-0.25, -0.2) is 4.99 Å². The van der Waals surface area contributed by atoms with Crippen LogP contribution in [0.25, 0.3) is 0 Å². The molecule has 0 saturated carbocycles. The minimum atomic E-state index is 0.411. The van der Waals surface area contributed by atoms with E-state index in [0.717, 1.165) is 39.3 Å². The smallest absolute Gasteiger partial charge is 0.197 e. The Bertz CT molecular complexity index is 437. The van der Waals surface area contributed by atoms with Crippen LogP contribution in [-0.4, -0.2) is 54.5 Å². The Hall–Kier alpha value is -1.55. The lowest BCUT2D eigenvalue weighted by Crippen LogP contribution is -2.50. The molecular weight excluding hydrogens is 236 g/mol. The van der Waals surface area contributed by atoms with Crippen LogP contribution < -0.4 is 5.32 Å². The first-order chi connectivity index (χ1) is 9.33. The molecule has 3 rings (SSSR count). The summed E-state index contributed by atoms with van der Waals surface area (Å²) in [5, 5.41) is 3.40. The van der Waals surface area contributed by atoms with Crippen molar-refractivity contribution in [1.29, 1.82) is 0 Å². The molecule has 1 unspecified atom stereocenters. The van der Waals surface area contributed by atoms with Crippen LogP contribution in [0.1, 0.15) is 12.5 Å². The van der Waals surface area contributed by atoms with Crippen LogP contribution in [0.3, 0.4) is 0 Å². The van der Waals surface area contributed by atoms with Gasteiger partial charge >= 0.3 is 0 Å². The third-order valence-corrected chi connectivity index (χ3v) is 3.72. The number of aliphatic imine (C=N–C) groups is 1. The molecule has 2 aliphatic rings. The molecule has 0 amide bonds. The predicted molar refractivity (Wildman–Crippen MR) is 78.2 cm³/mol. The fourth-order valence-corrected chi connectivity index (χ4v) is 2.81. The number of hydrogen-bond acceptors (Lipinski definition) is 4. The molecule has 0 aliphatic carbocycles. The Morgan fingerprint density at radius 1 is 1.21 bits per heavy atom. The summed E-state index contributed by atoms with van der Waals surface area (Å²) in [6.45, 7) is 8.46. The van der Waals surface area contributed by atoms with Crippen LogP contribution in [-0.2, 0) is 6.54 Å². The first-order valence-corrected chi connectivity index (χ1v) is 7.15. The SMILES string of the molecule is CC1CN(Cc2ccccc2)C(N2CCNCC2)=N1. The van der Waals surface area contributed by atoms with Gasteiger partial charge in [0.1, 0.15) is 0 Å². The molecule has 1 saturated heterocycles. The van der Waals surface area contributed by atoms with Gasteiger partial charge in [-0.1, -0.05) is 30.3 Å². The van der Waals surface area contributed by atoms with Gasteiger partial charge in [-0.2, -0.15) is 0 Å². The van der Waals surface area contributed by atoms with Gasteiger partial charge in [-0.3, -0.25) is 0 Å². The van der Waals surface area contributed by atoms with Crippen molar-refractivity contribution in [1.82, 2.24) is 15.1 Å². The van der Waals surface area contributed by atoms with Gasteiger partial charge in [0.25, 0.3) is 0 Å². The van der Waals surface area contributed by atoms with E-state index in [1.165, 1.54) is 11.5 Å². The van der Waals surface area contributed by atoms with E-state index >= 15 is 0 Å². The molecule has 1 fully saturated rings. The highest BCUT2D eigenvalue weighted by Gasteiger charge is 2.27. The number of piperazine rings is 1. The van der Waals surface area contributed by atoms with E-state index < -0.39 is 0 Å². The van der Waals surface area contributed by atoms with Gasteiger partial charge in [-0.15, -0.1) is 0 Å². The lowest BCUT2D eigenvalue weighted by molar-refractivity contribution is 0.300. The third kappa shape index (κ3) is 2.89. The molecule has 1 N–H and O–H groups in total. The van der Waals surface area contributed by atoms with Crippen molar-refractivity contribution in [3.05, 3.63) is 35.9 Å². The van der Waals surface area contributed by atoms with E-state index in [2.05, 4.69) is 52.4 Å². The monoisotopic (exact) mass is 258 g/mol. The quantitative estimate of drug-likeness (QED) is 0.863. The fourth-order valence-electron chi connectivity index (χ4n) is 2.81. The van der Waals surface area contributed by atoms with Gasteiger partial charge in [0, 0.05) is 39.3 Å². The van der Waals surface area contributed by atoms with Crippen LogP contribution >= 0.6 is 0 Å². The summed E-state index contributed by atoms with van der Waals surface area (Å²) >= 11 is 0. The zero-order chi connectivity index (χ0) is 13.1. The van der Waals surface area contributed by atoms with E-state index in [1.807, 2.05) is 0 Å². The molecule has 102 valence electrons. The predicted octanol–water partition coefficient (Wildman–Crippen LogP) is 1.15. The molecule has 19 heavy (non-hydrogen) atoms. The van der Waals surface area contributed by atoms with Crippen LogP contribution in [0.2, 0.25) is 0 Å². The first-order valence-electron chi connectivity index (χ1n) is 7.15. The van der Waals surface area contributed by atoms with E-state index in [9.17, 15) is 0 Å². The maximum Gasteiger partial charge on any atom is 0.197 e. The summed E-state index contributed by atoms with van der Waals surface area (Å²) in [4.78, 5) is 9.67. The van der Waals surface area contributed by atoms with Crippen molar-refractivity contribution in [2.75, 3.05) is 32.7 Å². The third-order valence-electron chi connectivity index (χ3n) is 3.72. The highest BCUT2D eigenvalue weighted by atomic mass is 15.4. The molecule has 0 aromatic heterocycles. The van der Waals surface area contributed by atoms with Crippen molar-refractivity contribution in [2.24, 2.45) is 4.99 Å². The summed E-state index contributed by atoms with van der Waals surface area (Å²) in [5.74, 6) is 1.19. The number of hydrogen-bond donors (Lipinski definition) is 1. The van der Waals surface area contributed by atoms with Gasteiger partial charge in [0.15, 0.2) is 5.96 Å². The molecule has 2 heterocycles. The van der Waals surface area contributed by atoms with Gasteiger partial charge in [0.2, 0.25) is 0 Å². The summed E-state index contributed by atoms with van der Waals surface area (Å²) in [6.07, 6.45) is 0. The van der Waals surface area contributed by atoms with Crippen molar-refractivity contribution in [2.45, 2.75) is 19.5 Å². The average molecular weight is 258 g/mol.